The summed E-state index contributed by atoms with van der Waals surface area (Å²) in [7, 11) is 0. The van der Waals surface area contributed by atoms with Gasteiger partial charge in [-0.1, -0.05) is 6.92 Å². The van der Waals surface area contributed by atoms with Gasteiger partial charge in [-0.2, -0.15) is 0 Å². The molecule has 132 valence electrons. The summed E-state index contributed by atoms with van der Waals surface area (Å²) in [5, 5.41) is 0. The molecule has 1 aliphatic heterocycles. The number of nitrogens with two attached hydrogens (primary N) is 1. The van der Waals surface area contributed by atoms with Crippen molar-refractivity contribution in [3.63, 3.8) is 0 Å². The Labute approximate surface area is 140 Å². The van der Waals surface area contributed by atoms with Gasteiger partial charge in [-0.3, -0.25) is 4.99 Å². The second-order valence-corrected chi connectivity index (χ2v) is 7.84. The third-order valence-electron chi connectivity index (χ3n) is 4.21. The maximum atomic E-state index is 12.3. The van der Waals surface area contributed by atoms with Crippen LogP contribution in [0.15, 0.2) is 4.99 Å². The SMILES string of the molecule is CC1CCCN(C(N)=NCCN(C(=O)OC(C)(C)C)C2CC2)C1. The molecule has 6 nitrogen and oxygen atoms in total. The van der Waals surface area contributed by atoms with Gasteiger partial charge in [-0.15, -0.1) is 0 Å². The summed E-state index contributed by atoms with van der Waals surface area (Å²) in [6.07, 6.45) is 4.31. The molecular formula is C17H32N4O2. The van der Waals surface area contributed by atoms with Crippen LogP contribution in [0, 0.1) is 5.92 Å². The number of amides is 1. The van der Waals surface area contributed by atoms with Gasteiger partial charge in [0.05, 0.1) is 6.54 Å². The molecule has 2 aliphatic rings. The summed E-state index contributed by atoms with van der Waals surface area (Å²) in [5.74, 6) is 1.28. The molecule has 0 radical (unpaired) electrons. The van der Waals surface area contributed by atoms with E-state index in [1.165, 1.54) is 12.8 Å². The van der Waals surface area contributed by atoms with E-state index in [9.17, 15) is 4.79 Å². The third kappa shape index (κ3) is 5.92. The second kappa shape index (κ2) is 7.41. The van der Waals surface area contributed by atoms with Crippen LogP contribution in [-0.2, 0) is 4.74 Å². The summed E-state index contributed by atoms with van der Waals surface area (Å²) in [5.41, 5.74) is 5.65. The highest BCUT2D eigenvalue weighted by atomic mass is 16.6. The second-order valence-electron chi connectivity index (χ2n) is 7.84. The summed E-state index contributed by atoms with van der Waals surface area (Å²) >= 11 is 0. The quantitative estimate of drug-likeness (QED) is 0.637. The summed E-state index contributed by atoms with van der Waals surface area (Å²) < 4.78 is 5.49. The van der Waals surface area contributed by atoms with Crippen molar-refractivity contribution in [2.24, 2.45) is 16.6 Å². The van der Waals surface area contributed by atoms with Crippen LogP contribution in [0.4, 0.5) is 4.79 Å². The molecule has 1 amide bonds. The number of carbonyl (C=O) groups excluding carboxylic acids is 1. The van der Waals surface area contributed by atoms with Crippen LogP contribution in [-0.4, -0.2) is 59.7 Å². The first kappa shape index (κ1) is 17.9. The number of hydrogen-bond donors (Lipinski definition) is 1. The molecule has 1 saturated carbocycles. The Bertz CT molecular complexity index is 440. The minimum absolute atomic E-state index is 0.236. The van der Waals surface area contributed by atoms with Crippen molar-refractivity contribution in [2.45, 2.75) is 65.0 Å². The molecule has 1 unspecified atom stereocenters. The maximum Gasteiger partial charge on any atom is 0.410 e. The Morgan fingerprint density at radius 1 is 1.35 bits per heavy atom. The van der Waals surface area contributed by atoms with E-state index in [4.69, 9.17) is 10.5 Å². The molecule has 6 heteroatoms. The molecule has 2 fully saturated rings. The molecule has 2 rings (SSSR count). The molecule has 1 saturated heterocycles. The molecule has 0 aromatic carbocycles. The van der Waals surface area contributed by atoms with Crippen molar-refractivity contribution < 1.29 is 9.53 Å². The molecule has 2 N–H and O–H groups in total. The Balaban J connectivity index is 1.84. The lowest BCUT2D eigenvalue weighted by Crippen LogP contribution is -2.44. The van der Waals surface area contributed by atoms with Gasteiger partial charge in [0.15, 0.2) is 5.96 Å². The first-order valence-corrected chi connectivity index (χ1v) is 8.81. The maximum absolute atomic E-state index is 12.3. The molecule has 1 heterocycles. The molecule has 0 spiro atoms. The predicted octanol–water partition coefficient (Wildman–Crippen LogP) is 2.43. The van der Waals surface area contributed by atoms with E-state index in [0.29, 0.717) is 31.0 Å². The standard InChI is InChI=1S/C17H32N4O2/c1-13-6-5-10-20(12-13)15(18)19-9-11-21(14-7-8-14)16(22)23-17(2,3)4/h13-14H,5-12H2,1-4H3,(H2,18,19). The summed E-state index contributed by atoms with van der Waals surface area (Å²) in [6.45, 7) is 11.0. The van der Waals surface area contributed by atoms with Crippen LogP contribution < -0.4 is 5.73 Å². The Morgan fingerprint density at radius 2 is 2.04 bits per heavy atom. The first-order chi connectivity index (χ1) is 10.8. The van der Waals surface area contributed by atoms with E-state index in [1.807, 2.05) is 20.8 Å². The number of likely N-dealkylation sites (tertiary alicyclic amines) is 1. The van der Waals surface area contributed by atoms with Crippen molar-refractivity contribution >= 4 is 12.1 Å². The molecule has 0 aromatic heterocycles. The smallest absolute Gasteiger partial charge is 0.410 e. The van der Waals surface area contributed by atoms with Crippen LogP contribution in [0.5, 0.6) is 0 Å². The van der Waals surface area contributed by atoms with Crippen LogP contribution in [0.1, 0.15) is 53.4 Å². The zero-order valence-electron chi connectivity index (χ0n) is 15.0. The number of hydrogen-bond acceptors (Lipinski definition) is 3. The highest BCUT2D eigenvalue weighted by Crippen LogP contribution is 2.28. The molecule has 0 bridgehead atoms. The van der Waals surface area contributed by atoms with Gasteiger partial charge >= 0.3 is 6.09 Å². The van der Waals surface area contributed by atoms with E-state index < -0.39 is 5.60 Å². The number of rotatable bonds is 4. The first-order valence-electron chi connectivity index (χ1n) is 8.81. The minimum Gasteiger partial charge on any atom is -0.444 e. The Morgan fingerprint density at radius 3 is 2.61 bits per heavy atom. The lowest BCUT2D eigenvalue weighted by molar-refractivity contribution is 0.0240. The van der Waals surface area contributed by atoms with Gasteiger partial charge in [0, 0.05) is 25.7 Å². The van der Waals surface area contributed by atoms with Gasteiger partial charge in [0.25, 0.3) is 0 Å². The van der Waals surface area contributed by atoms with E-state index in [-0.39, 0.29) is 6.09 Å². The van der Waals surface area contributed by atoms with Crippen molar-refractivity contribution in [1.82, 2.24) is 9.80 Å². The van der Waals surface area contributed by atoms with Crippen molar-refractivity contribution in [3.8, 4) is 0 Å². The molecule has 1 atom stereocenters. The highest BCUT2D eigenvalue weighted by Gasteiger charge is 2.34. The fourth-order valence-corrected chi connectivity index (χ4v) is 2.90. The number of carbonyl (C=O) groups is 1. The van der Waals surface area contributed by atoms with Crippen LogP contribution in [0.2, 0.25) is 0 Å². The van der Waals surface area contributed by atoms with Gasteiger partial charge in [0.1, 0.15) is 5.60 Å². The lowest BCUT2D eigenvalue weighted by Gasteiger charge is -2.32. The average Bonchev–Trinajstić information content (AvgIpc) is 3.25. The topological polar surface area (TPSA) is 71.2 Å². The van der Waals surface area contributed by atoms with Crippen molar-refractivity contribution in [2.75, 3.05) is 26.2 Å². The van der Waals surface area contributed by atoms with Gasteiger partial charge in [-0.05, 0) is 52.4 Å². The number of guanidine groups is 1. The largest absolute Gasteiger partial charge is 0.444 e. The Kier molecular flexibility index (Phi) is 5.76. The fraction of sp³-hybridized carbons (Fsp3) is 0.882. The van der Waals surface area contributed by atoms with Gasteiger partial charge < -0.3 is 20.3 Å². The Hall–Kier alpha value is -1.46. The molecule has 1 aliphatic carbocycles. The van der Waals surface area contributed by atoms with Crippen molar-refractivity contribution in [1.29, 1.82) is 0 Å². The zero-order valence-corrected chi connectivity index (χ0v) is 15.0. The van der Waals surface area contributed by atoms with E-state index in [0.717, 1.165) is 25.9 Å². The number of nitrogens with zero attached hydrogens (tertiary/aromatic N) is 3. The zero-order chi connectivity index (χ0) is 17.0. The minimum atomic E-state index is -0.462. The van der Waals surface area contributed by atoms with E-state index in [1.54, 1.807) is 4.90 Å². The van der Waals surface area contributed by atoms with Gasteiger partial charge in [0.2, 0.25) is 0 Å². The highest BCUT2D eigenvalue weighted by molar-refractivity contribution is 5.78. The van der Waals surface area contributed by atoms with Gasteiger partial charge in [-0.25, -0.2) is 4.79 Å². The monoisotopic (exact) mass is 324 g/mol. The number of aliphatic imine (C=N–C) groups is 1. The van der Waals surface area contributed by atoms with Crippen LogP contribution in [0.3, 0.4) is 0 Å². The number of ether oxygens (including phenoxy) is 1. The predicted molar refractivity (Wildman–Crippen MR) is 92.4 cm³/mol. The lowest BCUT2D eigenvalue weighted by atomic mass is 10.0. The van der Waals surface area contributed by atoms with Crippen LogP contribution in [0.25, 0.3) is 0 Å². The third-order valence-corrected chi connectivity index (χ3v) is 4.21. The average molecular weight is 324 g/mol. The fourth-order valence-electron chi connectivity index (χ4n) is 2.90. The van der Waals surface area contributed by atoms with E-state index in [2.05, 4.69) is 16.8 Å². The van der Waals surface area contributed by atoms with E-state index >= 15 is 0 Å². The van der Waals surface area contributed by atoms with Crippen molar-refractivity contribution in [3.05, 3.63) is 0 Å². The summed E-state index contributed by atoms with van der Waals surface area (Å²) in [4.78, 5) is 20.7. The van der Waals surface area contributed by atoms with Crippen LogP contribution >= 0.6 is 0 Å². The molecule has 23 heavy (non-hydrogen) atoms. The molecule has 0 aromatic rings. The molecular weight excluding hydrogens is 292 g/mol. The normalized spacial score (nSPS) is 22.9. The number of piperidine rings is 1. The summed E-state index contributed by atoms with van der Waals surface area (Å²) in [6, 6.07) is 0.316.